The van der Waals surface area contributed by atoms with Gasteiger partial charge in [-0.25, -0.2) is 9.78 Å². The first kappa shape index (κ1) is 13.0. The Hall–Kier alpha value is -1.40. The average Bonchev–Trinajstić information content (AvgIpc) is 2.68. The van der Waals surface area contributed by atoms with Crippen molar-refractivity contribution in [2.45, 2.75) is 13.5 Å². The summed E-state index contributed by atoms with van der Waals surface area (Å²) in [5.41, 5.74) is 0.528. The number of benzene rings is 1. The molecule has 2 rings (SSSR count). The zero-order valence-corrected chi connectivity index (χ0v) is 11.9. The van der Waals surface area contributed by atoms with E-state index in [9.17, 15) is 4.79 Å². The molecule has 1 heterocycles. The molecule has 0 spiro atoms. The number of nitrogens with zero attached hydrogens (tertiary/aromatic N) is 1. The molecular weight excluding hydrogens is 318 g/mol. The predicted octanol–water partition coefficient (Wildman–Crippen LogP) is 3.49. The van der Waals surface area contributed by atoms with E-state index in [1.807, 2.05) is 24.3 Å². The molecule has 6 heteroatoms. The van der Waals surface area contributed by atoms with Gasteiger partial charge in [-0.2, -0.15) is 0 Å². The number of ether oxygens (including phenoxy) is 1. The minimum absolute atomic E-state index is 0.267. The number of thiazole rings is 1. The topological polar surface area (TPSA) is 59.4 Å². The van der Waals surface area contributed by atoms with Crippen LogP contribution in [0, 0.1) is 6.92 Å². The second kappa shape index (κ2) is 5.49. The van der Waals surface area contributed by atoms with E-state index in [1.165, 1.54) is 0 Å². The lowest BCUT2D eigenvalue weighted by Gasteiger charge is -2.03. The smallest absolute Gasteiger partial charge is 0.347 e. The minimum Gasteiger partial charge on any atom is -0.486 e. The van der Waals surface area contributed by atoms with Crippen LogP contribution in [-0.2, 0) is 6.61 Å². The van der Waals surface area contributed by atoms with Crippen molar-refractivity contribution >= 4 is 33.2 Å². The predicted molar refractivity (Wildman–Crippen MR) is 72.3 cm³/mol. The zero-order chi connectivity index (χ0) is 13.1. The molecule has 0 aliphatic heterocycles. The van der Waals surface area contributed by atoms with E-state index in [2.05, 4.69) is 20.9 Å². The van der Waals surface area contributed by atoms with E-state index in [1.54, 1.807) is 6.92 Å². The summed E-state index contributed by atoms with van der Waals surface area (Å²) in [4.78, 5) is 15.3. The van der Waals surface area contributed by atoms with Crippen LogP contribution >= 0.6 is 27.3 Å². The van der Waals surface area contributed by atoms with Crippen LogP contribution in [-0.4, -0.2) is 16.1 Å². The molecule has 0 saturated heterocycles. The third kappa shape index (κ3) is 3.08. The first-order chi connectivity index (χ1) is 8.56. The van der Waals surface area contributed by atoms with Gasteiger partial charge in [0.2, 0.25) is 0 Å². The molecule has 18 heavy (non-hydrogen) atoms. The Labute approximate surface area is 116 Å². The fourth-order valence-corrected chi connectivity index (χ4v) is 2.61. The van der Waals surface area contributed by atoms with Crippen molar-refractivity contribution in [2.75, 3.05) is 0 Å². The van der Waals surface area contributed by atoms with Gasteiger partial charge in [-0.05, 0) is 25.1 Å². The summed E-state index contributed by atoms with van der Waals surface area (Å²) in [7, 11) is 0. The molecule has 94 valence electrons. The van der Waals surface area contributed by atoms with Crippen LogP contribution in [0.1, 0.15) is 20.4 Å². The van der Waals surface area contributed by atoms with E-state index >= 15 is 0 Å². The molecule has 0 unspecified atom stereocenters. The summed E-state index contributed by atoms with van der Waals surface area (Å²) >= 11 is 4.50. The van der Waals surface area contributed by atoms with Gasteiger partial charge in [0.05, 0.1) is 5.69 Å². The summed E-state index contributed by atoms with van der Waals surface area (Å²) in [6, 6.07) is 7.46. The maximum atomic E-state index is 10.9. The van der Waals surface area contributed by atoms with Crippen molar-refractivity contribution < 1.29 is 14.6 Å². The van der Waals surface area contributed by atoms with Gasteiger partial charge >= 0.3 is 5.97 Å². The third-order valence-electron chi connectivity index (χ3n) is 2.19. The van der Waals surface area contributed by atoms with Crippen LogP contribution in [0.15, 0.2) is 28.7 Å². The zero-order valence-electron chi connectivity index (χ0n) is 9.51. The first-order valence-electron chi connectivity index (χ1n) is 5.14. The van der Waals surface area contributed by atoms with Crippen molar-refractivity contribution in [2.24, 2.45) is 0 Å². The molecule has 0 atom stereocenters. The summed E-state index contributed by atoms with van der Waals surface area (Å²) in [6.07, 6.45) is 0. The molecule has 1 N–H and O–H groups in total. The molecule has 0 amide bonds. The Morgan fingerprint density at radius 1 is 1.56 bits per heavy atom. The van der Waals surface area contributed by atoms with Crippen LogP contribution in [0.3, 0.4) is 0 Å². The van der Waals surface area contributed by atoms with Gasteiger partial charge < -0.3 is 9.84 Å². The maximum Gasteiger partial charge on any atom is 0.347 e. The number of carbonyl (C=O) groups is 1. The van der Waals surface area contributed by atoms with E-state index in [-0.39, 0.29) is 11.5 Å². The van der Waals surface area contributed by atoms with E-state index < -0.39 is 5.97 Å². The van der Waals surface area contributed by atoms with Crippen molar-refractivity contribution in [1.82, 2.24) is 4.98 Å². The standard InChI is InChI=1S/C12H10BrNO3S/c1-7-11(12(15)16)18-10(14-7)6-17-9-4-2-3-8(13)5-9/h2-5H,6H2,1H3,(H,15,16). The molecule has 0 aliphatic carbocycles. The lowest BCUT2D eigenvalue weighted by Crippen LogP contribution is -1.94. The van der Waals surface area contributed by atoms with Crippen LogP contribution in [0.4, 0.5) is 0 Å². The van der Waals surface area contributed by atoms with Crippen molar-refractivity contribution in [3.63, 3.8) is 0 Å². The van der Waals surface area contributed by atoms with Gasteiger partial charge in [-0.1, -0.05) is 22.0 Å². The summed E-state index contributed by atoms with van der Waals surface area (Å²) in [6.45, 7) is 1.96. The lowest BCUT2D eigenvalue weighted by molar-refractivity contribution is 0.0701. The number of carboxylic acids is 1. The summed E-state index contributed by atoms with van der Waals surface area (Å²) in [5, 5.41) is 9.58. The summed E-state index contributed by atoms with van der Waals surface area (Å²) < 4.78 is 6.48. The third-order valence-corrected chi connectivity index (χ3v) is 3.81. The van der Waals surface area contributed by atoms with E-state index in [4.69, 9.17) is 9.84 Å². The first-order valence-corrected chi connectivity index (χ1v) is 6.75. The van der Waals surface area contributed by atoms with Crippen LogP contribution < -0.4 is 4.74 Å². The number of aromatic carboxylic acids is 1. The van der Waals surface area contributed by atoms with Gasteiger partial charge in [0.25, 0.3) is 0 Å². The largest absolute Gasteiger partial charge is 0.486 e. The Morgan fingerprint density at radius 3 is 2.94 bits per heavy atom. The number of aromatic nitrogens is 1. The average molecular weight is 328 g/mol. The van der Waals surface area contributed by atoms with E-state index in [0.717, 1.165) is 15.8 Å². The molecule has 0 saturated carbocycles. The van der Waals surface area contributed by atoms with E-state index in [0.29, 0.717) is 16.5 Å². The van der Waals surface area contributed by atoms with Gasteiger partial charge in [-0.3, -0.25) is 0 Å². The highest BCUT2D eigenvalue weighted by Gasteiger charge is 2.14. The highest BCUT2D eigenvalue weighted by atomic mass is 79.9. The number of aryl methyl sites for hydroxylation is 1. The van der Waals surface area contributed by atoms with Crippen molar-refractivity contribution in [1.29, 1.82) is 0 Å². The van der Waals surface area contributed by atoms with Crippen molar-refractivity contribution in [3.8, 4) is 5.75 Å². The highest BCUT2D eigenvalue weighted by Crippen LogP contribution is 2.22. The second-order valence-electron chi connectivity index (χ2n) is 3.57. The Kier molecular flexibility index (Phi) is 3.98. The second-order valence-corrected chi connectivity index (χ2v) is 5.57. The fraction of sp³-hybridized carbons (Fsp3) is 0.167. The molecule has 0 fully saturated rings. The minimum atomic E-state index is -0.946. The normalized spacial score (nSPS) is 10.3. The maximum absolute atomic E-state index is 10.9. The van der Waals surface area contributed by atoms with Gasteiger partial charge in [-0.15, -0.1) is 11.3 Å². The number of rotatable bonds is 4. The number of halogens is 1. The quantitative estimate of drug-likeness (QED) is 0.933. The van der Waals surface area contributed by atoms with Crippen LogP contribution in [0.5, 0.6) is 5.75 Å². The number of hydrogen-bond donors (Lipinski definition) is 1. The Bertz CT molecular complexity index is 582. The van der Waals surface area contributed by atoms with Gasteiger partial charge in [0.1, 0.15) is 22.2 Å². The van der Waals surface area contributed by atoms with Gasteiger partial charge in [0, 0.05) is 4.47 Å². The molecule has 1 aromatic heterocycles. The number of carboxylic acid groups (broad SMARTS) is 1. The van der Waals surface area contributed by atoms with Crippen LogP contribution in [0.2, 0.25) is 0 Å². The van der Waals surface area contributed by atoms with Crippen LogP contribution in [0.25, 0.3) is 0 Å². The molecular formula is C12H10BrNO3S. The molecule has 2 aromatic rings. The molecule has 1 aromatic carbocycles. The van der Waals surface area contributed by atoms with Gasteiger partial charge in [0.15, 0.2) is 0 Å². The lowest BCUT2D eigenvalue weighted by atomic mass is 10.3. The Balaban J connectivity index is 2.06. The van der Waals surface area contributed by atoms with Crippen molar-refractivity contribution in [3.05, 3.63) is 44.3 Å². The number of hydrogen-bond acceptors (Lipinski definition) is 4. The summed E-state index contributed by atoms with van der Waals surface area (Å²) in [5.74, 6) is -0.229. The molecule has 0 radical (unpaired) electrons. The Morgan fingerprint density at radius 2 is 2.33 bits per heavy atom. The molecule has 0 bridgehead atoms. The monoisotopic (exact) mass is 327 g/mol. The molecule has 0 aliphatic rings. The fourth-order valence-electron chi connectivity index (χ4n) is 1.41. The molecule has 4 nitrogen and oxygen atoms in total. The SMILES string of the molecule is Cc1nc(COc2cccc(Br)c2)sc1C(=O)O. The highest BCUT2D eigenvalue weighted by molar-refractivity contribution is 9.10.